The highest BCUT2D eigenvalue weighted by Gasteiger charge is 2.55. The molecule has 3 amide bonds. The highest BCUT2D eigenvalue weighted by Crippen LogP contribution is 2.48. The number of amides is 3. The van der Waals surface area contributed by atoms with Crippen molar-refractivity contribution in [2.45, 2.75) is 50.8 Å². The Kier molecular flexibility index (Phi) is 6.39. The molecule has 2 heterocycles. The van der Waals surface area contributed by atoms with E-state index < -0.39 is 47.4 Å². The van der Waals surface area contributed by atoms with Crippen LogP contribution in [0.1, 0.15) is 65.5 Å². The molecule has 0 aromatic heterocycles. The highest BCUT2D eigenvalue weighted by atomic mass is 16.6. The summed E-state index contributed by atoms with van der Waals surface area (Å²) in [5.41, 5.74) is 0.486. The second-order valence-corrected chi connectivity index (χ2v) is 10.7. The van der Waals surface area contributed by atoms with Crippen LogP contribution in [0.15, 0.2) is 84.9 Å². The van der Waals surface area contributed by atoms with Gasteiger partial charge in [0.15, 0.2) is 0 Å². The van der Waals surface area contributed by atoms with E-state index in [0.29, 0.717) is 12.8 Å². The average molecular weight is 511 g/mol. The van der Waals surface area contributed by atoms with E-state index in [-0.39, 0.29) is 11.1 Å². The van der Waals surface area contributed by atoms with Crippen LogP contribution in [0.2, 0.25) is 0 Å². The number of nitrogens with zero attached hydrogens (tertiary/aromatic N) is 2. The number of fused-ring (bicyclic) bond motifs is 1. The van der Waals surface area contributed by atoms with Crippen molar-refractivity contribution in [2.75, 3.05) is 6.54 Å². The van der Waals surface area contributed by atoms with Crippen LogP contribution in [-0.4, -0.2) is 51.7 Å². The molecule has 0 spiro atoms. The molecule has 0 aliphatic carbocycles. The van der Waals surface area contributed by atoms with E-state index in [0.717, 1.165) is 16.0 Å². The van der Waals surface area contributed by atoms with E-state index in [1.807, 2.05) is 60.7 Å². The van der Waals surface area contributed by atoms with Crippen LogP contribution < -0.4 is 0 Å². The van der Waals surface area contributed by atoms with Gasteiger partial charge in [0.25, 0.3) is 11.8 Å². The zero-order chi connectivity index (χ0) is 27.1. The SMILES string of the molecule is CC(C)(C)OC(=O)C1CCC(c2ccccc2)(c2ccccc2)N1C(=O)CN1C(=O)c2ccccc2C1=O. The molecule has 1 unspecified atom stereocenters. The number of hydrogen-bond donors (Lipinski definition) is 0. The summed E-state index contributed by atoms with van der Waals surface area (Å²) in [6, 6.07) is 24.8. The summed E-state index contributed by atoms with van der Waals surface area (Å²) in [7, 11) is 0. The lowest BCUT2D eigenvalue weighted by Gasteiger charge is -2.42. The third-order valence-electron chi connectivity index (χ3n) is 7.12. The Bertz CT molecular complexity index is 1320. The monoisotopic (exact) mass is 510 g/mol. The molecule has 0 radical (unpaired) electrons. The lowest BCUT2D eigenvalue weighted by Crippen LogP contribution is -2.55. The van der Waals surface area contributed by atoms with Crippen molar-refractivity contribution in [3.8, 4) is 0 Å². The van der Waals surface area contributed by atoms with Crippen LogP contribution in [0.25, 0.3) is 0 Å². The molecule has 2 aliphatic heterocycles. The third kappa shape index (κ3) is 4.28. The van der Waals surface area contributed by atoms with Crippen LogP contribution >= 0.6 is 0 Å². The largest absolute Gasteiger partial charge is 0.458 e. The first-order valence-electron chi connectivity index (χ1n) is 12.7. The van der Waals surface area contributed by atoms with Gasteiger partial charge in [-0.2, -0.15) is 0 Å². The van der Waals surface area contributed by atoms with E-state index >= 15 is 0 Å². The second-order valence-electron chi connectivity index (χ2n) is 10.7. The van der Waals surface area contributed by atoms with Crippen molar-refractivity contribution in [3.63, 3.8) is 0 Å². The summed E-state index contributed by atoms with van der Waals surface area (Å²) in [6.45, 7) is 4.87. The topological polar surface area (TPSA) is 84.0 Å². The van der Waals surface area contributed by atoms with Gasteiger partial charge < -0.3 is 9.64 Å². The van der Waals surface area contributed by atoms with Gasteiger partial charge in [-0.1, -0.05) is 72.8 Å². The Labute approximate surface area is 222 Å². The zero-order valence-corrected chi connectivity index (χ0v) is 21.7. The maximum absolute atomic E-state index is 14.3. The average Bonchev–Trinajstić information content (AvgIpc) is 3.42. The Balaban J connectivity index is 1.60. The van der Waals surface area contributed by atoms with Gasteiger partial charge in [-0.15, -0.1) is 0 Å². The Hall–Kier alpha value is -4.26. The van der Waals surface area contributed by atoms with Crippen LogP contribution in [0.3, 0.4) is 0 Å². The highest BCUT2D eigenvalue weighted by molar-refractivity contribution is 6.22. The molecule has 0 N–H and O–H groups in total. The minimum absolute atomic E-state index is 0.271. The molecule has 194 valence electrons. The predicted molar refractivity (Wildman–Crippen MR) is 141 cm³/mol. The van der Waals surface area contributed by atoms with Gasteiger partial charge in [-0.05, 0) is 56.9 Å². The van der Waals surface area contributed by atoms with Gasteiger partial charge >= 0.3 is 5.97 Å². The van der Waals surface area contributed by atoms with Gasteiger partial charge in [0, 0.05) is 0 Å². The number of ether oxygens (including phenoxy) is 1. The fourth-order valence-corrected chi connectivity index (χ4v) is 5.60. The Morgan fingerprint density at radius 1 is 0.816 bits per heavy atom. The van der Waals surface area contributed by atoms with Crippen molar-refractivity contribution in [3.05, 3.63) is 107 Å². The van der Waals surface area contributed by atoms with E-state index in [9.17, 15) is 19.2 Å². The molecule has 7 nitrogen and oxygen atoms in total. The van der Waals surface area contributed by atoms with E-state index in [4.69, 9.17) is 4.74 Å². The number of carbonyl (C=O) groups excluding carboxylic acids is 4. The van der Waals surface area contributed by atoms with Crippen molar-refractivity contribution < 1.29 is 23.9 Å². The van der Waals surface area contributed by atoms with Crippen molar-refractivity contribution in [2.24, 2.45) is 0 Å². The molecule has 7 heteroatoms. The number of hydrogen-bond acceptors (Lipinski definition) is 5. The van der Waals surface area contributed by atoms with Crippen molar-refractivity contribution in [1.29, 1.82) is 0 Å². The van der Waals surface area contributed by atoms with Gasteiger partial charge in [0.1, 0.15) is 18.2 Å². The minimum atomic E-state index is -0.986. The quantitative estimate of drug-likeness (QED) is 0.371. The fourth-order valence-electron chi connectivity index (χ4n) is 5.60. The first-order valence-corrected chi connectivity index (χ1v) is 12.7. The number of rotatable bonds is 5. The maximum atomic E-state index is 14.3. The van der Waals surface area contributed by atoms with Crippen molar-refractivity contribution in [1.82, 2.24) is 9.80 Å². The Morgan fingerprint density at radius 2 is 1.29 bits per heavy atom. The van der Waals surface area contributed by atoms with Crippen LogP contribution in [0.4, 0.5) is 0 Å². The maximum Gasteiger partial charge on any atom is 0.329 e. The molecule has 3 aromatic carbocycles. The number of likely N-dealkylation sites (tertiary alicyclic amines) is 1. The molecule has 1 fully saturated rings. The van der Waals surface area contributed by atoms with Gasteiger partial charge in [-0.3, -0.25) is 19.3 Å². The Morgan fingerprint density at radius 3 is 1.76 bits per heavy atom. The zero-order valence-electron chi connectivity index (χ0n) is 21.7. The summed E-state index contributed by atoms with van der Waals surface area (Å²) in [4.78, 5) is 56.5. The standard InChI is InChI=1S/C31H30N2O5/c1-30(2,3)38-29(37)25-18-19-31(21-12-6-4-7-13-21,22-14-8-5-9-15-22)33(25)26(34)20-32-27(35)23-16-10-11-17-24(23)28(32)36/h4-17,25H,18-20H2,1-3H3. The number of benzene rings is 3. The summed E-state index contributed by atoms with van der Waals surface area (Å²) in [5.74, 6) is -2.04. The predicted octanol–water partition coefficient (Wildman–Crippen LogP) is 4.56. The van der Waals surface area contributed by atoms with Gasteiger partial charge in [0.05, 0.1) is 16.7 Å². The molecular weight excluding hydrogens is 480 g/mol. The molecule has 3 aromatic rings. The molecule has 1 atom stereocenters. The van der Waals surface area contributed by atoms with E-state index in [1.54, 1.807) is 49.9 Å². The molecule has 5 rings (SSSR count). The van der Waals surface area contributed by atoms with Gasteiger partial charge in [0.2, 0.25) is 5.91 Å². The lowest BCUT2D eigenvalue weighted by atomic mass is 9.80. The molecule has 0 bridgehead atoms. The second kappa shape index (κ2) is 9.56. The molecule has 1 saturated heterocycles. The van der Waals surface area contributed by atoms with Gasteiger partial charge in [-0.25, -0.2) is 4.79 Å². The number of esters is 1. The number of carbonyl (C=O) groups is 4. The van der Waals surface area contributed by atoms with E-state index in [2.05, 4.69) is 0 Å². The molecule has 38 heavy (non-hydrogen) atoms. The summed E-state index contributed by atoms with van der Waals surface area (Å²) in [5, 5.41) is 0. The molecular formula is C31H30N2O5. The summed E-state index contributed by atoms with van der Waals surface area (Å²) < 4.78 is 5.75. The van der Waals surface area contributed by atoms with Crippen molar-refractivity contribution >= 4 is 23.7 Å². The third-order valence-corrected chi connectivity index (χ3v) is 7.12. The normalized spacial score (nSPS) is 18.4. The minimum Gasteiger partial charge on any atom is -0.458 e. The summed E-state index contributed by atoms with van der Waals surface area (Å²) in [6.07, 6.45) is 0.839. The van der Waals surface area contributed by atoms with Crippen LogP contribution in [-0.2, 0) is 19.9 Å². The van der Waals surface area contributed by atoms with E-state index in [1.165, 1.54) is 0 Å². The van der Waals surface area contributed by atoms with Crippen LogP contribution in [0, 0.1) is 0 Å². The fraction of sp³-hybridized carbons (Fsp3) is 0.290. The first kappa shape index (κ1) is 25.4. The number of imide groups is 1. The molecule has 2 aliphatic rings. The molecule has 0 saturated carbocycles. The first-order chi connectivity index (χ1) is 18.1. The lowest BCUT2D eigenvalue weighted by molar-refractivity contribution is -0.165. The van der Waals surface area contributed by atoms with Crippen LogP contribution in [0.5, 0.6) is 0 Å². The summed E-state index contributed by atoms with van der Waals surface area (Å²) >= 11 is 0. The smallest absolute Gasteiger partial charge is 0.329 e.